The third-order valence-electron chi connectivity index (χ3n) is 11.1. The van der Waals surface area contributed by atoms with Crippen molar-refractivity contribution >= 4 is 79.5 Å². The van der Waals surface area contributed by atoms with E-state index in [1.54, 1.807) is 24.3 Å². The fourth-order valence-electron chi connectivity index (χ4n) is 7.83. The maximum absolute atomic E-state index is 11.5. The van der Waals surface area contributed by atoms with Crippen LogP contribution < -0.4 is 0 Å². The van der Waals surface area contributed by atoms with Crippen molar-refractivity contribution in [2.24, 2.45) is 0 Å². The molecule has 6 nitrogen and oxygen atoms in total. The van der Waals surface area contributed by atoms with Crippen LogP contribution in [-0.4, -0.2) is 63.7 Å². The first-order valence-corrected chi connectivity index (χ1v) is 24.8. The minimum Gasteiger partial charge on any atom is -0.744 e. The van der Waals surface area contributed by atoms with Gasteiger partial charge in [0, 0.05) is 0 Å². The Balaban J connectivity index is 0.000000387. The molecular formula is C48H70CaO6S2. The summed E-state index contributed by atoms with van der Waals surface area (Å²) < 4.78 is 69.1. The van der Waals surface area contributed by atoms with Gasteiger partial charge >= 0.3 is 37.7 Å². The number of hydrogen-bond acceptors (Lipinski definition) is 6. The summed E-state index contributed by atoms with van der Waals surface area (Å²) in [6.07, 6.45) is 28.4. The summed E-state index contributed by atoms with van der Waals surface area (Å²) in [5, 5.41) is 3.92. The monoisotopic (exact) mass is 846 g/mol. The molecule has 0 unspecified atom stereocenters. The fourth-order valence-corrected chi connectivity index (χ4v) is 8.82. The molecule has 0 radical (unpaired) electrons. The van der Waals surface area contributed by atoms with Crippen LogP contribution in [0.5, 0.6) is 0 Å². The Kier molecular flexibility index (Phi) is 25.4. The fraction of sp³-hybridized carbons (Fsp3) is 0.583. The van der Waals surface area contributed by atoms with E-state index < -0.39 is 20.2 Å². The minimum atomic E-state index is -4.43. The topological polar surface area (TPSA) is 114 Å². The van der Waals surface area contributed by atoms with E-state index in [0.717, 1.165) is 72.9 Å². The summed E-state index contributed by atoms with van der Waals surface area (Å²) >= 11 is 0. The maximum atomic E-state index is 11.5. The molecule has 0 spiro atoms. The molecule has 0 heterocycles. The van der Waals surface area contributed by atoms with Gasteiger partial charge in [-0.25, -0.2) is 16.8 Å². The number of fused-ring (bicyclic) bond motifs is 2. The smallest absolute Gasteiger partial charge is 0.744 e. The van der Waals surface area contributed by atoms with Gasteiger partial charge in [-0.3, -0.25) is 0 Å². The molecule has 0 bridgehead atoms. The van der Waals surface area contributed by atoms with E-state index in [1.165, 1.54) is 137 Å². The van der Waals surface area contributed by atoms with Gasteiger partial charge in [0.15, 0.2) is 0 Å². The minimum absolute atomic E-state index is 0. The van der Waals surface area contributed by atoms with Gasteiger partial charge in [-0.2, -0.15) is 0 Å². The Morgan fingerprint density at radius 1 is 0.386 bits per heavy atom. The molecule has 9 heteroatoms. The molecule has 0 fully saturated rings. The second-order valence-electron chi connectivity index (χ2n) is 15.7. The van der Waals surface area contributed by atoms with Crippen LogP contribution in [0.3, 0.4) is 0 Å². The summed E-state index contributed by atoms with van der Waals surface area (Å²) in [7, 11) is -8.87. The van der Waals surface area contributed by atoms with Crippen molar-refractivity contribution in [3.8, 4) is 0 Å². The summed E-state index contributed by atoms with van der Waals surface area (Å²) in [5.41, 5.74) is 5.13. The molecule has 57 heavy (non-hydrogen) atoms. The molecule has 0 aliphatic carbocycles. The number of unbranched alkanes of at least 4 members (excludes halogenated alkanes) is 16. The first kappa shape index (κ1) is 51.6. The van der Waals surface area contributed by atoms with Crippen LogP contribution in [0.15, 0.2) is 70.5 Å². The van der Waals surface area contributed by atoms with Gasteiger partial charge in [0.2, 0.25) is 0 Å². The number of rotatable bonds is 26. The quantitative estimate of drug-likeness (QED) is 0.0353. The molecule has 312 valence electrons. The molecule has 0 saturated heterocycles. The molecule has 4 rings (SSSR count). The molecule has 0 aliphatic heterocycles. The maximum Gasteiger partial charge on any atom is 2.00 e. The van der Waals surface area contributed by atoms with Gasteiger partial charge < -0.3 is 9.11 Å². The summed E-state index contributed by atoms with van der Waals surface area (Å²) in [6.45, 7) is 8.88. The second kappa shape index (κ2) is 28.1. The molecule has 0 aromatic heterocycles. The molecular weight excluding hydrogens is 777 g/mol. The van der Waals surface area contributed by atoms with Crippen LogP contribution in [0.1, 0.15) is 178 Å². The van der Waals surface area contributed by atoms with Crippen molar-refractivity contribution in [2.45, 2.75) is 192 Å². The number of aryl methyl sites for hydroxylation is 4. The van der Waals surface area contributed by atoms with Gasteiger partial charge in [0.05, 0.1) is 9.79 Å². The Labute approximate surface area is 376 Å². The van der Waals surface area contributed by atoms with Crippen molar-refractivity contribution in [3.05, 3.63) is 82.9 Å². The van der Waals surface area contributed by atoms with E-state index in [9.17, 15) is 25.9 Å². The van der Waals surface area contributed by atoms with Gasteiger partial charge in [-0.1, -0.05) is 167 Å². The summed E-state index contributed by atoms with van der Waals surface area (Å²) in [5.74, 6) is 0. The SMILES string of the molecule is CCCCCCCc1ccc2ccc(S(=O)(=O)[O-])cc2c1CCCCCCC.CCCCCCCc1ccc2ccc(S(=O)(=O)[O-])cc2c1CCCCCCC.[Ca+2]. The Bertz CT molecular complexity index is 1830. The molecule has 4 aromatic carbocycles. The third kappa shape index (κ3) is 18.3. The third-order valence-corrected chi connectivity index (χ3v) is 12.8. The first-order valence-electron chi connectivity index (χ1n) is 21.9. The zero-order chi connectivity index (χ0) is 40.8. The zero-order valence-corrected chi connectivity index (χ0v) is 39.6. The number of hydrogen-bond donors (Lipinski definition) is 0. The van der Waals surface area contributed by atoms with Crippen LogP contribution in [0.2, 0.25) is 0 Å². The zero-order valence-electron chi connectivity index (χ0n) is 35.7. The van der Waals surface area contributed by atoms with E-state index in [2.05, 4.69) is 52.0 Å². The predicted molar refractivity (Wildman–Crippen MR) is 239 cm³/mol. The standard InChI is InChI=1S/2C24H36O3S.Ca/c2*1-3-5-7-9-11-13-20-15-16-21-17-18-22(28(25,26)27)19-24(21)23(20)14-12-10-8-6-4-2;/h2*15-19H,3-14H2,1-2H3,(H,25,26,27);/q;;+2/p-2. The first-order chi connectivity index (χ1) is 26.9. The Morgan fingerprint density at radius 3 is 0.965 bits per heavy atom. The average molecular weight is 847 g/mol. The van der Waals surface area contributed by atoms with E-state index in [4.69, 9.17) is 0 Å². The molecule has 0 amide bonds. The number of benzene rings is 4. The van der Waals surface area contributed by atoms with E-state index in [-0.39, 0.29) is 47.5 Å². The Morgan fingerprint density at radius 2 is 0.667 bits per heavy atom. The molecule has 0 aliphatic rings. The van der Waals surface area contributed by atoms with Crippen molar-refractivity contribution < 1.29 is 25.9 Å². The van der Waals surface area contributed by atoms with Crippen molar-refractivity contribution in [1.29, 1.82) is 0 Å². The van der Waals surface area contributed by atoms with E-state index in [0.29, 0.717) is 0 Å². The van der Waals surface area contributed by atoms with Crippen LogP contribution >= 0.6 is 0 Å². The largest absolute Gasteiger partial charge is 2.00 e. The van der Waals surface area contributed by atoms with Gasteiger partial charge in [-0.05, 0) is 119 Å². The predicted octanol–water partition coefficient (Wildman–Crippen LogP) is 13.2. The van der Waals surface area contributed by atoms with Crippen molar-refractivity contribution in [2.75, 3.05) is 0 Å². The summed E-state index contributed by atoms with van der Waals surface area (Å²) in [6, 6.07) is 18.1. The molecule has 0 N–H and O–H groups in total. The molecule has 0 atom stereocenters. The van der Waals surface area contributed by atoms with E-state index >= 15 is 0 Å². The van der Waals surface area contributed by atoms with Crippen LogP contribution in [0.4, 0.5) is 0 Å². The summed E-state index contributed by atoms with van der Waals surface area (Å²) in [4.78, 5) is -0.236. The molecule has 4 aromatic rings. The van der Waals surface area contributed by atoms with Crippen LogP contribution in [-0.2, 0) is 45.9 Å². The van der Waals surface area contributed by atoms with Gasteiger partial charge in [-0.15, -0.1) is 0 Å². The van der Waals surface area contributed by atoms with E-state index in [1.807, 2.05) is 0 Å². The normalized spacial score (nSPS) is 11.8. The van der Waals surface area contributed by atoms with Gasteiger partial charge in [0.25, 0.3) is 0 Å². The van der Waals surface area contributed by atoms with Gasteiger partial charge in [0.1, 0.15) is 20.2 Å². The van der Waals surface area contributed by atoms with Crippen molar-refractivity contribution in [1.82, 2.24) is 0 Å². The second-order valence-corrected chi connectivity index (χ2v) is 18.5. The van der Waals surface area contributed by atoms with Crippen LogP contribution in [0.25, 0.3) is 21.5 Å². The Hall–Kier alpha value is -1.52. The van der Waals surface area contributed by atoms with Crippen molar-refractivity contribution in [3.63, 3.8) is 0 Å². The van der Waals surface area contributed by atoms with Crippen LogP contribution in [0, 0.1) is 0 Å². The average Bonchev–Trinajstić information content (AvgIpc) is 3.17. The molecule has 0 saturated carbocycles.